The lowest BCUT2D eigenvalue weighted by molar-refractivity contribution is -0.0959. The van der Waals surface area contributed by atoms with Crippen LogP contribution in [0.1, 0.15) is 64.4 Å². The minimum Gasteiger partial charge on any atom is -0.462 e. The fourth-order valence-electron chi connectivity index (χ4n) is 2.26. The lowest BCUT2D eigenvalue weighted by atomic mass is 10.0. The molecule has 1 aromatic carbocycles. The highest BCUT2D eigenvalue weighted by Gasteiger charge is 2.11. The van der Waals surface area contributed by atoms with Gasteiger partial charge in [0.15, 0.2) is 0 Å². The van der Waals surface area contributed by atoms with Crippen molar-refractivity contribution in [1.82, 2.24) is 0 Å². The van der Waals surface area contributed by atoms with Gasteiger partial charge in [0.2, 0.25) is 6.29 Å². The Morgan fingerprint density at radius 2 is 1.48 bits per heavy atom. The first kappa shape index (κ1) is 18.0. The van der Waals surface area contributed by atoms with E-state index in [-0.39, 0.29) is 0 Å². The molecule has 0 heterocycles. The van der Waals surface area contributed by atoms with Crippen molar-refractivity contribution in [2.24, 2.45) is 0 Å². The van der Waals surface area contributed by atoms with Crippen LogP contribution in [0.2, 0.25) is 0 Å². The SMILES string of the molecule is CCCCCCCCCc1ccc(OC(O)C(C)O)cc1. The van der Waals surface area contributed by atoms with Crippen molar-refractivity contribution in [1.29, 1.82) is 0 Å². The molecule has 0 aliphatic rings. The van der Waals surface area contributed by atoms with Gasteiger partial charge in [-0.1, -0.05) is 57.6 Å². The molecule has 0 fully saturated rings. The number of rotatable bonds is 11. The third kappa shape index (κ3) is 8.08. The second kappa shape index (κ2) is 10.6. The van der Waals surface area contributed by atoms with Crippen LogP contribution < -0.4 is 4.74 Å². The summed E-state index contributed by atoms with van der Waals surface area (Å²) < 4.78 is 5.22. The van der Waals surface area contributed by atoms with Crippen LogP contribution in [0.25, 0.3) is 0 Å². The number of aliphatic hydroxyl groups excluding tert-OH is 2. The number of aliphatic hydroxyl groups is 2. The maximum absolute atomic E-state index is 9.44. The van der Waals surface area contributed by atoms with E-state index in [4.69, 9.17) is 4.74 Å². The van der Waals surface area contributed by atoms with Crippen LogP contribution in [0.15, 0.2) is 24.3 Å². The monoisotopic (exact) mass is 294 g/mol. The molecular formula is C18H30O3. The molecule has 3 nitrogen and oxygen atoms in total. The maximum atomic E-state index is 9.44. The number of unbranched alkanes of at least 4 members (excludes halogenated alkanes) is 6. The Hall–Kier alpha value is -1.06. The lowest BCUT2D eigenvalue weighted by Crippen LogP contribution is -2.28. The first-order valence-corrected chi connectivity index (χ1v) is 8.25. The second-order valence-corrected chi connectivity index (χ2v) is 5.76. The van der Waals surface area contributed by atoms with Crippen molar-refractivity contribution in [2.75, 3.05) is 0 Å². The topological polar surface area (TPSA) is 49.7 Å². The Labute approximate surface area is 129 Å². The smallest absolute Gasteiger partial charge is 0.223 e. The van der Waals surface area contributed by atoms with Gasteiger partial charge in [0.25, 0.3) is 0 Å². The van der Waals surface area contributed by atoms with Crippen LogP contribution in [-0.4, -0.2) is 22.6 Å². The standard InChI is InChI=1S/C18H30O3/c1-3-4-5-6-7-8-9-10-16-11-13-17(14-12-16)21-18(20)15(2)19/h11-15,18-20H,3-10H2,1-2H3. The molecule has 0 spiro atoms. The highest BCUT2D eigenvalue weighted by molar-refractivity contribution is 5.27. The summed E-state index contributed by atoms with van der Waals surface area (Å²) in [5.41, 5.74) is 1.29. The van der Waals surface area contributed by atoms with E-state index >= 15 is 0 Å². The average Bonchev–Trinajstić information content (AvgIpc) is 2.48. The number of aryl methyl sites for hydroxylation is 1. The van der Waals surface area contributed by atoms with Gasteiger partial charge in [0, 0.05) is 0 Å². The van der Waals surface area contributed by atoms with E-state index in [1.165, 1.54) is 57.4 Å². The third-order valence-electron chi connectivity index (χ3n) is 3.66. The van der Waals surface area contributed by atoms with Gasteiger partial charge >= 0.3 is 0 Å². The van der Waals surface area contributed by atoms with E-state index in [2.05, 4.69) is 6.92 Å². The third-order valence-corrected chi connectivity index (χ3v) is 3.66. The van der Waals surface area contributed by atoms with Gasteiger partial charge in [-0.05, 0) is 37.5 Å². The van der Waals surface area contributed by atoms with Gasteiger partial charge in [-0.2, -0.15) is 0 Å². The predicted molar refractivity (Wildman–Crippen MR) is 86.5 cm³/mol. The molecule has 2 N–H and O–H groups in total. The van der Waals surface area contributed by atoms with Crippen molar-refractivity contribution in [3.05, 3.63) is 29.8 Å². The van der Waals surface area contributed by atoms with Gasteiger partial charge in [-0.3, -0.25) is 0 Å². The molecule has 1 rings (SSSR count). The maximum Gasteiger partial charge on any atom is 0.223 e. The van der Waals surface area contributed by atoms with Crippen molar-refractivity contribution >= 4 is 0 Å². The minimum atomic E-state index is -1.17. The average molecular weight is 294 g/mol. The second-order valence-electron chi connectivity index (χ2n) is 5.76. The molecule has 0 saturated heterocycles. The lowest BCUT2D eigenvalue weighted by Gasteiger charge is -2.15. The van der Waals surface area contributed by atoms with Gasteiger partial charge in [-0.25, -0.2) is 0 Å². The zero-order valence-electron chi connectivity index (χ0n) is 13.4. The Morgan fingerprint density at radius 1 is 0.905 bits per heavy atom. The molecule has 0 aromatic heterocycles. The Morgan fingerprint density at radius 3 is 2.05 bits per heavy atom. The number of hydrogen-bond acceptors (Lipinski definition) is 3. The van der Waals surface area contributed by atoms with E-state index in [9.17, 15) is 10.2 Å². The van der Waals surface area contributed by atoms with Gasteiger partial charge in [0.1, 0.15) is 11.9 Å². The molecule has 0 bridgehead atoms. The summed E-state index contributed by atoms with van der Waals surface area (Å²) in [5.74, 6) is 0.590. The molecule has 120 valence electrons. The van der Waals surface area contributed by atoms with Crippen LogP contribution in [0, 0.1) is 0 Å². The predicted octanol–water partition coefficient (Wildman–Crippen LogP) is 4.06. The number of benzene rings is 1. The molecule has 0 saturated carbocycles. The largest absolute Gasteiger partial charge is 0.462 e. The summed E-state index contributed by atoms with van der Waals surface area (Å²) in [6.07, 6.45) is 8.28. The van der Waals surface area contributed by atoms with Gasteiger partial charge in [-0.15, -0.1) is 0 Å². The van der Waals surface area contributed by atoms with Crippen molar-refractivity contribution in [3.8, 4) is 5.75 Å². The van der Waals surface area contributed by atoms with Gasteiger partial charge in [0.05, 0.1) is 0 Å². The number of ether oxygens (including phenoxy) is 1. The zero-order valence-corrected chi connectivity index (χ0v) is 13.4. The Balaban J connectivity index is 2.19. The summed E-state index contributed by atoms with van der Waals surface area (Å²) in [5, 5.41) is 18.6. The molecule has 2 atom stereocenters. The molecule has 0 radical (unpaired) electrons. The van der Waals surface area contributed by atoms with Crippen LogP contribution in [0.4, 0.5) is 0 Å². The molecule has 0 amide bonds. The van der Waals surface area contributed by atoms with Crippen LogP contribution in [0.3, 0.4) is 0 Å². The molecule has 1 aromatic rings. The summed E-state index contributed by atoms with van der Waals surface area (Å²) in [6, 6.07) is 7.76. The quantitative estimate of drug-likeness (QED) is 0.478. The fraction of sp³-hybridized carbons (Fsp3) is 0.667. The zero-order chi connectivity index (χ0) is 15.5. The normalized spacial score (nSPS) is 13.9. The first-order chi connectivity index (χ1) is 10.1. The van der Waals surface area contributed by atoms with Crippen molar-refractivity contribution in [3.63, 3.8) is 0 Å². The summed E-state index contributed by atoms with van der Waals surface area (Å²) in [4.78, 5) is 0. The van der Waals surface area contributed by atoms with Crippen molar-refractivity contribution < 1.29 is 14.9 Å². The van der Waals surface area contributed by atoms with Crippen LogP contribution in [0.5, 0.6) is 5.75 Å². The minimum absolute atomic E-state index is 0.590. The summed E-state index contributed by atoms with van der Waals surface area (Å²) in [7, 11) is 0. The van der Waals surface area contributed by atoms with Crippen LogP contribution >= 0.6 is 0 Å². The van der Waals surface area contributed by atoms with E-state index in [0.29, 0.717) is 5.75 Å². The highest BCUT2D eigenvalue weighted by Crippen LogP contribution is 2.16. The molecule has 2 unspecified atom stereocenters. The molecule has 0 aliphatic heterocycles. The Bertz CT molecular complexity index is 359. The first-order valence-electron chi connectivity index (χ1n) is 8.25. The fourth-order valence-corrected chi connectivity index (χ4v) is 2.26. The van der Waals surface area contributed by atoms with Gasteiger partial charge < -0.3 is 14.9 Å². The molecular weight excluding hydrogens is 264 g/mol. The molecule has 0 aliphatic carbocycles. The van der Waals surface area contributed by atoms with E-state index in [0.717, 1.165) is 6.42 Å². The van der Waals surface area contributed by atoms with E-state index < -0.39 is 12.4 Å². The molecule has 3 heteroatoms. The van der Waals surface area contributed by atoms with Crippen molar-refractivity contribution in [2.45, 2.75) is 77.6 Å². The summed E-state index contributed by atoms with van der Waals surface area (Å²) >= 11 is 0. The highest BCUT2D eigenvalue weighted by atomic mass is 16.6. The van der Waals surface area contributed by atoms with E-state index in [1.807, 2.05) is 24.3 Å². The molecule has 21 heavy (non-hydrogen) atoms. The Kier molecular flexibility index (Phi) is 9.11. The number of hydrogen-bond donors (Lipinski definition) is 2. The summed E-state index contributed by atoms with van der Waals surface area (Å²) in [6.45, 7) is 3.74. The van der Waals surface area contributed by atoms with Crippen LogP contribution in [-0.2, 0) is 6.42 Å². The van der Waals surface area contributed by atoms with E-state index in [1.54, 1.807) is 0 Å².